The molecule has 0 unspecified atom stereocenters. The second-order valence-electron chi connectivity index (χ2n) is 5.21. The van der Waals surface area contributed by atoms with Gasteiger partial charge in [0.1, 0.15) is 5.76 Å². The molecule has 7 heteroatoms. The van der Waals surface area contributed by atoms with E-state index in [1.165, 1.54) is 0 Å². The van der Waals surface area contributed by atoms with Gasteiger partial charge in [-0.05, 0) is 49.2 Å². The summed E-state index contributed by atoms with van der Waals surface area (Å²) in [5, 5.41) is 16.9. The first-order chi connectivity index (χ1) is 10.6. The minimum atomic E-state index is 0.729. The number of tetrazole rings is 1. The molecule has 0 radical (unpaired) electrons. The fraction of sp³-hybridized carbons (Fsp3) is 0.333. The van der Waals surface area contributed by atoms with E-state index in [2.05, 4.69) is 46.7 Å². The van der Waals surface area contributed by atoms with E-state index in [1.54, 1.807) is 16.4 Å². The van der Waals surface area contributed by atoms with Gasteiger partial charge in [0.25, 0.3) is 0 Å². The number of aromatic nitrogens is 5. The van der Waals surface area contributed by atoms with Crippen LogP contribution in [0.5, 0.6) is 0 Å². The summed E-state index contributed by atoms with van der Waals surface area (Å²) in [6.07, 6.45) is 0. The Bertz CT molecular complexity index is 768. The monoisotopic (exact) mass is 315 g/mol. The van der Waals surface area contributed by atoms with Crippen LogP contribution in [0.2, 0.25) is 0 Å². The summed E-state index contributed by atoms with van der Waals surface area (Å²) in [5.74, 6) is 1.57. The van der Waals surface area contributed by atoms with E-state index in [4.69, 9.17) is 4.52 Å². The molecule has 0 amide bonds. The SMILES string of the molecule is Cc1cccc(C)c1-n1nnnc1SCc1c(C)noc1C. The highest BCUT2D eigenvalue weighted by molar-refractivity contribution is 7.98. The van der Waals surface area contributed by atoms with E-state index < -0.39 is 0 Å². The average molecular weight is 315 g/mol. The number of rotatable bonds is 4. The van der Waals surface area contributed by atoms with Gasteiger partial charge in [-0.1, -0.05) is 35.1 Å². The molecule has 0 saturated heterocycles. The van der Waals surface area contributed by atoms with Crippen molar-refractivity contribution in [1.29, 1.82) is 0 Å². The molecule has 0 atom stereocenters. The molecule has 3 rings (SSSR count). The molecule has 22 heavy (non-hydrogen) atoms. The van der Waals surface area contributed by atoms with Crippen molar-refractivity contribution in [3.05, 3.63) is 46.3 Å². The molecule has 2 heterocycles. The van der Waals surface area contributed by atoms with E-state index in [9.17, 15) is 0 Å². The highest BCUT2D eigenvalue weighted by Gasteiger charge is 2.15. The van der Waals surface area contributed by atoms with Gasteiger partial charge >= 0.3 is 0 Å². The van der Waals surface area contributed by atoms with Crippen LogP contribution in [-0.4, -0.2) is 25.4 Å². The van der Waals surface area contributed by atoms with Gasteiger partial charge in [-0.25, -0.2) is 0 Å². The van der Waals surface area contributed by atoms with E-state index in [-0.39, 0.29) is 0 Å². The van der Waals surface area contributed by atoms with Crippen molar-refractivity contribution < 1.29 is 4.52 Å². The molecule has 1 aromatic carbocycles. The first-order valence-corrected chi connectivity index (χ1v) is 7.96. The molecule has 0 saturated carbocycles. The van der Waals surface area contributed by atoms with Crippen molar-refractivity contribution in [2.75, 3.05) is 0 Å². The van der Waals surface area contributed by atoms with Crippen LogP contribution in [-0.2, 0) is 5.75 Å². The number of aryl methyl sites for hydroxylation is 4. The second kappa shape index (κ2) is 5.92. The zero-order chi connectivity index (χ0) is 15.7. The molecule has 114 valence electrons. The molecule has 3 aromatic rings. The fourth-order valence-corrected chi connectivity index (χ4v) is 3.42. The van der Waals surface area contributed by atoms with Gasteiger partial charge in [0.05, 0.1) is 11.4 Å². The fourth-order valence-electron chi connectivity index (χ4n) is 2.39. The van der Waals surface area contributed by atoms with E-state index in [1.807, 2.05) is 19.9 Å². The zero-order valence-electron chi connectivity index (χ0n) is 13.0. The molecule has 0 aliphatic heterocycles. The molecule has 2 aromatic heterocycles. The summed E-state index contributed by atoms with van der Waals surface area (Å²) in [4.78, 5) is 0. The van der Waals surface area contributed by atoms with E-state index in [0.29, 0.717) is 0 Å². The van der Waals surface area contributed by atoms with Gasteiger partial charge in [0, 0.05) is 11.3 Å². The zero-order valence-corrected chi connectivity index (χ0v) is 13.8. The van der Waals surface area contributed by atoms with Crippen molar-refractivity contribution in [1.82, 2.24) is 25.4 Å². The Morgan fingerprint density at radius 3 is 2.50 bits per heavy atom. The standard InChI is InChI=1S/C15H17N5OS/c1-9-6-5-7-10(2)14(9)20-15(16-18-19-20)22-8-13-11(3)17-21-12(13)4/h5-7H,8H2,1-4H3. The Morgan fingerprint density at radius 2 is 1.86 bits per heavy atom. The number of hydrogen-bond donors (Lipinski definition) is 0. The predicted molar refractivity (Wildman–Crippen MR) is 84.2 cm³/mol. The predicted octanol–water partition coefficient (Wildman–Crippen LogP) is 3.18. The maximum absolute atomic E-state index is 5.20. The molecular weight excluding hydrogens is 298 g/mol. The lowest BCUT2D eigenvalue weighted by Crippen LogP contribution is -2.04. The maximum atomic E-state index is 5.20. The molecule has 0 aliphatic carbocycles. The van der Waals surface area contributed by atoms with Crippen LogP contribution in [0.3, 0.4) is 0 Å². The van der Waals surface area contributed by atoms with Crippen LogP contribution < -0.4 is 0 Å². The van der Waals surface area contributed by atoms with E-state index >= 15 is 0 Å². The summed E-state index contributed by atoms with van der Waals surface area (Å²) in [6.45, 7) is 7.99. The first-order valence-electron chi connectivity index (χ1n) is 6.97. The Balaban J connectivity index is 1.90. The average Bonchev–Trinajstić information content (AvgIpc) is 3.05. The summed E-state index contributed by atoms with van der Waals surface area (Å²) < 4.78 is 7.00. The number of benzene rings is 1. The van der Waals surface area contributed by atoms with Gasteiger partial charge in [-0.3, -0.25) is 0 Å². The largest absolute Gasteiger partial charge is 0.361 e. The van der Waals surface area contributed by atoms with Crippen molar-refractivity contribution in [3.8, 4) is 5.69 Å². The second-order valence-corrected chi connectivity index (χ2v) is 6.15. The third-order valence-electron chi connectivity index (χ3n) is 3.62. The molecule has 0 aliphatic rings. The molecule has 0 spiro atoms. The highest BCUT2D eigenvalue weighted by atomic mass is 32.2. The maximum Gasteiger partial charge on any atom is 0.214 e. The normalized spacial score (nSPS) is 11.1. The molecule has 0 bridgehead atoms. The smallest absolute Gasteiger partial charge is 0.214 e. The van der Waals surface area contributed by atoms with Crippen LogP contribution in [0.4, 0.5) is 0 Å². The first kappa shape index (κ1) is 14.8. The van der Waals surface area contributed by atoms with Crippen LogP contribution in [0.25, 0.3) is 5.69 Å². The number of hydrogen-bond acceptors (Lipinski definition) is 6. The topological polar surface area (TPSA) is 69.6 Å². The molecular formula is C15H17N5OS. The summed E-state index contributed by atoms with van der Waals surface area (Å²) in [6, 6.07) is 6.16. The quantitative estimate of drug-likeness (QED) is 0.689. The molecule has 6 nitrogen and oxygen atoms in total. The highest BCUT2D eigenvalue weighted by Crippen LogP contribution is 2.27. The molecule has 0 fully saturated rings. The Labute approximate surface area is 132 Å². The van der Waals surface area contributed by atoms with Crippen molar-refractivity contribution >= 4 is 11.8 Å². The van der Waals surface area contributed by atoms with Crippen LogP contribution in [0.1, 0.15) is 28.1 Å². The lowest BCUT2D eigenvalue weighted by molar-refractivity contribution is 0.392. The Kier molecular flexibility index (Phi) is 3.98. The van der Waals surface area contributed by atoms with Gasteiger partial charge in [0.15, 0.2) is 0 Å². The van der Waals surface area contributed by atoms with Gasteiger partial charge < -0.3 is 4.52 Å². The van der Waals surface area contributed by atoms with Crippen LogP contribution in [0, 0.1) is 27.7 Å². The third-order valence-corrected chi connectivity index (χ3v) is 4.56. The van der Waals surface area contributed by atoms with Gasteiger partial charge in [-0.2, -0.15) is 4.68 Å². The Morgan fingerprint density at radius 1 is 1.14 bits per heavy atom. The van der Waals surface area contributed by atoms with Crippen LogP contribution >= 0.6 is 11.8 Å². The van der Waals surface area contributed by atoms with Crippen molar-refractivity contribution in [2.24, 2.45) is 0 Å². The number of nitrogens with zero attached hydrogens (tertiary/aromatic N) is 5. The lowest BCUT2D eigenvalue weighted by atomic mass is 10.1. The summed E-state index contributed by atoms with van der Waals surface area (Å²) >= 11 is 1.58. The van der Waals surface area contributed by atoms with Crippen molar-refractivity contribution in [3.63, 3.8) is 0 Å². The number of thioether (sulfide) groups is 1. The van der Waals surface area contributed by atoms with Gasteiger partial charge in [0.2, 0.25) is 5.16 Å². The lowest BCUT2D eigenvalue weighted by Gasteiger charge is -2.10. The Hall–Kier alpha value is -2.15. The van der Waals surface area contributed by atoms with Gasteiger partial charge in [-0.15, -0.1) is 5.10 Å². The van der Waals surface area contributed by atoms with Crippen molar-refractivity contribution in [2.45, 2.75) is 38.6 Å². The van der Waals surface area contributed by atoms with E-state index in [0.717, 1.165) is 44.7 Å². The van der Waals surface area contributed by atoms with Crippen LogP contribution in [0.15, 0.2) is 27.9 Å². The number of para-hydroxylation sites is 1. The molecule has 0 N–H and O–H groups in total. The minimum absolute atomic E-state index is 0.729. The summed E-state index contributed by atoms with van der Waals surface area (Å²) in [5.41, 5.74) is 5.34. The minimum Gasteiger partial charge on any atom is -0.361 e. The third kappa shape index (κ3) is 2.64. The summed E-state index contributed by atoms with van der Waals surface area (Å²) in [7, 11) is 0.